The number of aromatic nitrogens is 1. The number of nitrogens with zero attached hydrogens (tertiary/aromatic N) is 2. The van der Waals surface area contributed by atoms with Gasteiger partial charge in [0.05, 0.1) is 23.8 Å². The van der Waals surface area contributed by atoms with Crippen LogP contribution < -0.4 is 15.1 Å². The van der Waals surface area contributed by atoms with Crippen LogP contribution in [0.25, 0.3) is 21.5 Å². The minimum absolute atomic E-state index is 0.00422. The summed E-state index contributed by atoms with van der Waals surface area (Å²) in [6, 6.07) is 16.6. The summed E-state index contributed by atoms with van der Waals surface area (Å²) >= 11 is 0. The van der Waals surface area contributed by atoms with Crippen LogP contribution in [-0.4, -0.2) is 49.5 Å². The van der Waals surface area contributed by atoms with Gasteiger partial charge in [-0.1, -0.05) is 12.1 Å². The molecule has 4 N–H and O–H groups in total. The Hall–Kier alpha value is -4.60. The van der Waals surface area contributed by atoms with E-state index in [1.54, 1.807) is 55.2 Å². The Morgan fingerprint density at radius 2 is 1.43 bits per heavy atom. The maximum absolute atomic E-state index is 14.5. The average molecular weight is 608 g/mol. The Bertz CT molecular complexity index is 2220. The maximum Gasteiger partial charge on any atom is 0.372 e. The second-order valence-electron chi connectivity index (χ2n) is 10.00. The summed E-state index contributed by atoms with van der Waals surface area (Å²) < 4.78 is 70.8. The number of quaternary nitrogens is 1. The molecule has 4 aromatic carbocycles. The lowest BCUT2D eigenvalue weighted by atomic mass is 10.0. The van der Waals surface area contributed by atoms with Crippen LogP contribution in [0, 0.1) is 0 Å². The molecule has 214 valence electrons. The second kappa shape index (κ2) is 9.20. The molecule has 0 saturated heterocycles. The van der Waals surface area contributed by atoms with Crippen molar-refractivity contribution in [1.82, 2.24) is 9.05 Å². The normalized spacial score (nSPS) is 17.1. The van der Waals surface area contributed by atoms with Crippen LogP contribution in [0.3, 0.4) is 0 Å². The van der Waals surface area contributed by atoms with Crippen LogP contribution in [0.5, 0.6) is 0 Å². The van der Waals surface area contributed by atoms with Crippen molar-refractivity contribution in [2.24, 2.45) is 7.05 Å². The third-order valence-electron chi connectivity index (χ3n) is 7.56. The van der Waals surface area contributed by atoms with E-state index in [-0.39, 0.29) is 50.0 Å². The van der Waals surface area contributed by atoms with Crippen molar-refractivity contribution >= 4 is 76.5 Å². The molecule has 0 fully saturated rings. The van der Waals surface area contributed by atoms with E-state index >= 15 is 0 Å². The molecular formula is C28H23N4O8S2+. The van der Waals surface area contributed by atoms with E-state index < -0.39 is 46.4 Å². The third-order valence-corrected chi connectivity index (χ3v) is 9.37. The Morgan fingerprint density at radius 1 is 0.786 bits per heavy atom. The maximum atomic E-state index is 14.5. The second-order valence-corrected chi connectivity index (χ2v) is 12.8. The van der Waals surface area contributed by atoms with Gasteiger partial charge < -0.3 is 15.2 Å². The highest BCUT2D eigenvalue weighted by Crippen LogP contribution is 2.46. The van der Waals surface area contributed by atoms with Crippen LogP contribution in [0.2, 0.25) is 0 Å². The molecule has 6 rings (SSSR count). The topological polar surface area (TPSA) is 172 Å². The van der Waals surface area contributed by atoms with Gasteiger partial charge in [0.1, 0.15) is 21.2 Å². The zero-order valence-corrected chi connectivity index (χ0v) is 23.7. The number of amides is 3. The Morgan fingerprint density at radius 3 is 2.05 bits per heavy atom. The summed E-state index contributed by atoms with van der Waals surface area (Å²) in [5, 5.41) is 5.84. The number of anilines is 2. The molecule has 1 atom stereocenters. The molecule has 5 aromatic rings. The first-order valence-electron chi connectivity index (χ1n) is 12.4. The number of carbonyl (C=O) groups is 2. The fourth-order valence-corrected chi connectivity index (χ4v) is 6.94. The largest absolute Gasteiger partial charge is 0.372 e. The van der Waals surface area contributed by atoms with E-state index in [1.807, 2.05) is 0 Å². The van der Waals surface area contributed by atoms with E-state index in [1.165, 1.54) is 30.3 Å². The first-order chi connectivity index (χ1) is 19.7. The Labute approximate surface area is 239 Å². The number of fused-ring (bicyclic) bond motifs is 1. The number of carbonyl (C=O) groups excluding carboxylic acids is 2. The quantitative estimate of drug-likeness (QED) is 0.166. The fraction of sp³-hybridized carbons (Fsp3) is 0.0714. The summed E-state index contributed by atoms with van der Waals surface area (Å²) in [6.45, 7) is 0. The lowest BCUT2D eigenvalue weighted by Gasteiger charge is -2.33. The van der Waals surface area contributed by atoms with Crippen molar-refractivity contribution in [3.63, 3.8) is 0 Å². The van der Waals surface area contributed by atoms with Crippen molar-refractivity contribution in [2.75, 3.05) is 17.7 Å². The van der Waals surface area contributed by atoms with Crippen LogP contribution >= 0.6 is 0 Å². The van der Waals surface area contributed by atoms with E-state index in [4.69, 9.17) is 0 Å². The van der Waals surface area contributed by atoms with Crippen LogP contribution in [0.1, 0.15) is 10.5 Å². The molecule has 0 spiro atoms. The number of benzene rings is 4. The smallest absolute Gasteiger partial charge is 0.343 e. The van der Waals surface area contributed by atoms with Crippen molar-refractivity contribution in [1.29, 1.82) is 0 Å². The number of urea groups is 1. The van der Waals surface area contributed by atoms with Gasteiger partial charge in [0.25, 0.3) is 20.2 Å². The SMILES string of the molecule is Cn1cccc1C(=O)[N+]1(C)c2ccc3c(S(=O)(=O)O)ccc(c3c2)NC(=O)Nc2ccc(S(=O)(=O)O)c3c1cccc23. The molecule has 42 heavy (non-hydrogen) atoms. The predicted molar refractivity (Wildman–Crippen MR) is 157 cm³/mol. The minimum Gasteiger partial charge on any atom is -0.343 e. The molecule has 1 aliphatic heterocycles. The van der Waals surface area contributed by atoms with E-state index in [0.717, 1.165) is 12.1 Å². The van der Waals surface area contributed by atoms with Crippen LogP contribution in [0.4, 0.5) is 27.5 Å². The molecule has 0 aliphatic carbocycles. The molecule has 14 heteroatoms. The molecule has 0 radical (unpaired) electrons. The molecule has 1 aliphatic rings. The van der Waals surface area contributed by atoms with Crippen LogP contribution in [0.15, 0.2) is 88.8 Å². The molecule has 2 heterocycles. The number of hydrogen-bond donors (Lipinski definition) is 4. The van der Waals surface area contributed by atoms with E-state index in [9.17, 15) is 35.5 Å². The first-order valence-corrected chi connectivity index (χ1v) is 15.3. The average Bonchev–Trinajstić information content (AvgIpc) is 3.35. The highest BCUT2D eigenvalue weighted by atomic mass is 32.2. The zero-order valence-electron chi connectivity index (χ0n) is 22.1. The summed E-state index contributed by atoms with van der Waals surface area (Å²) in [6.07, 6.45) is 1.68. The third kappa shape index (κ3) is 4.16. The van der Waals surface area contributed by atoms with Gasteiger partial charge >= 0.3 is 11.9 Å². The molecule has 12 nitrogen and oxygen atoms in total. The molecule has 1 unspecified atom stereocenters. The molecular weight excluding hydrogens is 584 g/mol. The van der Waals surface area contributed by atoms with Gasteiger partial charge in [-0.25, -0.2) is 9.59 Å². The zero-order chi connectivity index (χ0) is 30.2. The highest BCUT2D eigenvalue weighted by molar-refractivity contribution is 7.86. The van der Waals surface area contributed by atoms with Crippen molar-refractivity contribution in [3.8, 4) is 0 Å². The number of aryl methyl sites for hydroxylation is 1. The van der Waals surface area contributed by atoms with Crippen LogP contribution in [-0.2, 0) is 27.3 Å². The van der Waals surface area contributed by atoms with Gasteiger partial charge in [-0.2, -0.15) is 21.3 Å². The van der Waals surface area contributed by atoms with Gasteiger partial charge in [0, 0.05) is 47.6 Å². The van der Waals surface area contributed by atoms with Crippen molar-refractivity contribution < 1.29 is 35.5 Å². The summed E-state index contributed by atoms with van der Waals surface area (Å²) in [5.74, 6) is -0.484. The number of hydrogen-bond acceptors (Lipinski definition) is 6. The Kier molecular flexibility index (Phi) is 6.04. The standard InChI is InChI=1S/C28H22N4O8S2/c1-31-14-4-6-22(31)27(33)32(2)16-8-9-17-19(15-16)21(10-12-24(17)41(35,36)37)30-28(34)29-20-11-13-25(42(38,39)40)26-18(20)5-3-7-23(26)32/h3-15H,1-2H3,(H3-,29,30,34,35,36,37,38,39,40)/p+1. The summed E-state index contributed by atoms with van der Waals surface area (Å²) in [4.78, 5) is 26.8. The summed E-state index contributed by atoms with van der Waals surface area (Å²) in [7, 11) is -6.27. The number of rotatable bonds is 3. The van der Waals surface area contributed by atoms with E-state index in [0.29, 0.717) is 0 Å². The van der Waals surface area contributed by atoms with Gasteiger partial charge in [-0.3, -0.25) is 9.11 Å². The molecule has 6 bridgehead atoms. The number of nitrogens with one attached hydrogen (secondary N) is 2. The first kappa shape index (κ1) is 27.6. The van der Waals surface area contributed by atoms with Gasteiger partial charge in [-0.05, 0) is 42.5 Å². The van der Waals surface area contributed by atoms with Gasteiger partial charge in [0.2, 0.25) is 0 Å². The summed E-state index contributed by atoms with van der Waals surface area (Å²) in [5.41, 5.74) is 1.06. The highest BCUT2D eigenvalue weighted by Gasteiger charge is 2.42. The Balaban J connectivity index is 1.83. The predicted octanol–water partition coefficient (Wildman–Crippen LogP) is 4.89. The van der Waals surface area contributed by atoms with Crippen molar-refractivity contribution in [3.05, 3.63) is 84.7 Å². The lowest BCUT2D eigenvalue weighted by Crippen LogP contribution is -2.47. The fourth-order valence-electron chi connectivity index (χ4n) is 5.53. The van der Waals surface area contributed by atoms with Crippen molar-refractivity contribution in [2.45, 2.75) is 9.79 Å². The van der Waals surface area contributed by atoms with Gasteiger partial charge in [-0.15, -0.1) is 0 Å². The molecule has 1 aromatic heterocycles. The van der Waals surface area contributed by atoms with E-state index in [2.05, 4.69) is 10.6 Å². The monoisotopic (exact) mass is 607 g/mol. The minimum atomic E-state index is -4.82. The molecule has 3 amide bonds. The lowest BCUT2D eigenvalue weighted by molar-refractivity contribution is 0.0852. The van der Waals surface area contributed by atoms with Gasteiger partial charge in [0.15, 0.2) is 5.69 Å². The molecule has 0 saturated carbocycles.